The Morgan fingerprint density at radius 1 is 1.35 bits per heavy atom. The number of nitrogens with zero attached hydrogens (tertiary/aromatic N) is 1. The first-order chi connectivity index (χ1) is 7.84. The highest BCUT2D eigenvalue weighted by Gasteiger charge is 2.24. The van der Waals surface area contributed by atoms with E-state index in [1.54, 1.807) is 0 Å². The summed E-state index contributed by atoms with van der Waals surface area (Å²) in [4.78, 5) is 20.3. The fraction of sp³-hybridized carbons (Fsp3) is 0.300. The van der Waals surface area contributed by atoms with Crippen molar-refractivity contribution in [2.24, 2.45) is 0 Å². The van der Waals surface area contributed by atoms with Gasteiger partial charge in [0.2, 0.25) is 0 Å². The van der Waals surface area contributed by atoms with Crippen LogP contribution < -0.4 is 0 Å². The van der Waals surface area contributed by atoms with Crippen molar-refractivity contribution in [2.45, 2.75) is 18.2 Å². The number of rotatable bonds is 5. The largest absolute Gasteiger partial charge is 0.300 e. The molecule has 6 nitrogen and oxygen atoms in total. The summed E-state index contributed by atoms with van der Waals surface area (Å²) in [6.07, 6.45) is -0.144. The van der Waals surface area contributed by atoms with Gasteiger partial charge in [-0.15, -0.1) is 0 Å². The molecule has 1 aromatic carbocycles. The molecule has 0 saturated carbocycles. The van der Waals surface area contributed by atoms with E-state index in [0.717, 1.165) is 6.07 Å². The van der Waals surface area contributed by atoms with E-state index in [2.05, 4.69) is 0 Å². The number of carbonyl (C=O) groups is 1. The van der Waals surface area contributed by atoms with Crippen molar-refractivity contribution in [3.05, 3.63) is 34.4 Å². The minimum Gasteiger partial charge on any atom is -0.300 e. The lowest BCUT2D eigenvalue weighted by Gasteiger charge is -2.03. The Morgan fingerprint density at radius 2 is 1.94 bits per heavy atom. The molecule has 0 fully saturated rings. The first-order valence-corrected chi connectivity index (χ1v) is 6.45. The zero-order valence-electron chi connectivity index (χ0n) is 9.12. The van der Waals surface area contributed by atoms with Gasteiger partial charge in [0, 0.05) is 12.5 Å². The van der Waals surface area contributed by atoms with E-state index in [4.69, 9.17) is 0 Å². The molecule has 1 rings (SSSR count). The number of para-hydroxylation sites is 1. The van der Waals surface area contributed by atoms with Crippen LogP contribution in [0.15, 0.2) is 29.2 Å². The SMILES string of the molecule is CC(=O)CCS(=O)(=O)c1ccccc1[N+](=O)[O-]. The lowest BCUT2D eigenvalue weighted by atomic mass is 10.3. The van der Waals surface area contributed by atoms with Gasteiger partial charge in [-0.25, -0.2) is 8.42 Å². The Hall–Kier alpha value is -1.76. The van der Waals surface area contributed by atoms with Crippen LogP contribution in [0.2, 0.25) is 0 Å². The first-order valence-electron chi connectivity index (χ1n) is 4.80. The molecular formula is C10H11NO5S. The Bertz CT molecular complexity index is 550. The quantitative estimate of drug-likeness (QED) is 0.586. The molecule has 0 saturated heterocycles. The number of benzene rings is 1. The monoisotopic (exact) mass is 257 g/mol. The normalized spacial score (nSPS) is 11.1. The molecular weight excluding hydrogens is 246 g/mol. The van der Waals surface area contributed by atoms with Gasteiger partial charge in [0.25, 0.3) is 5.69 Å². The van der Waals surface area contributed by atoms with Crippen LogP contribution in [0.4, 0.5) is 5.69 Å². The Labute approximate surface area is 98.3 Å². The zero-order valence-corrected chi connectivity index (χ0v) is 9.94. The number of sulfone groups is 1. The van der Waals surface area contributed by atoms with Crippen molar-refractivity contribution in [1.29, 1.82) is 0 Å². The first kappa shape index (κ1) is 13.3. The van der Waals surface area contributed by atoms with E-state index in [0.29, 0.717) is 0 Å². The van der Waals surface area contributed by atoms with Crippen molar-refractivity contribution in [2.75, 3.05) is 5.75 Å². The molecule has 0 radical (unpaired) electrons. The van der Waals surface area contributed by atoms with Gasteiger partial charge in [-0.05, 0) is 13.0 Å². The van der Waals surface area contributed by atoms with E-state index < -0.39 is 26.2 Å². The van der Waals surface area contributed by atoms with Gasteiger partial charge in [0.05, 0.1) is 10.7 Å². The summed E-state index contributed by atoms with van der Waals surface area (Å²) >= 11 is 0. The van der Waals surface area contributed by atoms with E-state index in [1.165, 1.54) is 25.1 Å². The maximum atomic E-state index is 11.8. The highest BCUT2D eigenvalue weighted by molar-refractivity contribution is 7.91. The molecule has 0 spiro atoms. The summed E-state index contributed by atoms with van der Waals surface area (Å²) in [5, 5.41) is 10.7. The van der Waals surface area contributed by atoms with Gasteiger partial charge < -0.3 is 0 Å². The molecule has 1 aromatic rings. The van der Waals surface area contributed by atoms with E-state index in [1.807, 2.05) is 0 Å². The number of carbonyl (C=O) groups excluding carboxylic acids is 1. The summed E-state index contributed by atoms with van der Waals surface area (Å²) in [5.74, 6) is -0.681. The number of hydrogen-bond acceptors (Lipinski definition) is 5. The van der Waals surface area contributed by atoms with Crippen LogP contribution in [0.25, 0.3) is 0 Å². The average molecular weight is 257 g/mol. The maximum absolute atomic E-state index is 11.8. The second-order valence-electron chi connectivity index (χ2n) is 3.50. The topological polar surface area (TPSA) is 94.3 Å². The second-order valence-corrected chi connectivity index (χ2v) is 5.57. The lowest BCUT2D eigenvalue weighted by molar-refractivity contribution is -0.387. The number of Topliss-reactive ketones (excluding diaryl/α,β-unsaturated/α-hetero) is 1. The van der Waals surface area contributed by atoms with Crippen molar-refractivity contribution in [3.63, 3.8) is 0 Å². The fourth-order valence-corrected chi connectivity index (χ4v) is 2.78. The molecule has 0 bridgehead atoms. The molecule has 0 aliphatic heterocycles. The molecule has 0 N–H and O–H groups in total. The molecule has 7 heteroatoms. The number of hydrogen-bond donors (Lipinski definition) is 0. The minimum absolute atomic E-state index is 0.144. The van der Waals surface area contributed by atoms with Crippen LogP contribution in [-0.2, 0) is 14.6 Å². The van der Waals surface area contributed by atoms with Crippen molar-refractivity contribution in [3.8, 4) is 0 Å². The van der Waals surface area contributed by atoms with Crippen LogP contribution in [0.5, 0.6) is 0 Å². The molecule has 0 unspecified atom stereocenters. The predicted octanol–water partition coefficient (Wildman–Crippen LogP) is 1.35. The molecule has 92 valence electrons. The Morgan fingerprint density at radius 3 is 2.47 bits per heavy atom. The number of ketones is 1. The van der Waals surface area contributed by atoms with E-state index in [9.17, 15) is 23.3 Å². The van der Waals surface area contributed by atoms with Gasteiger partial charge in [0.15, 0.2) is 9.84 Å². The third-order valence-electron chi connectivity index (χ3n) is 2.12. The van der Waals surface area contributed by atoms with Crippen LogP contribution in [-0.4, -0.2) is 24.9 Å². The summed E-state index contributed by atoms with van der Waals surface area (Å²) < 4.78 is 23.6. The van der Waals surface area contributed by atoms with E-state index in [-0.39, 0.29) is 17.1 Å². The molecule has 0 amide bonds. The van der Waals surface area contributed by atoms with Crippen LogP contribution in [0, 0.1) is 10.1 Å². The molecule has 0 atom stereocenters. The van der Waals surface area contributed by atoms with Gasteiger partial charge in [-0.3, -0.25) is 14.9 Å². The fourth-order valence-electron chi connectivity index (χ4n) is 1.26. The Balaban J connectivity index is 3.15. The molecule has 17 heavy (non-hydrogen) atoms. The lowest BCUT2D eigenvalue weighted by Crippen LogP contribution is -2.11. The second kappa shape index (κ2) is 5.05. The summed E-state index contributed by atoms with van der Waals surface area (Å²) in [5.41, 5.74) is -0.462. The van der Waals surface area contributed by atoms with Crippen LogP contribution in [0.1, 0.15) is 13.3 Å². The summed E-state index contributed by atoms with van der Waals surface area (Å²) in [6.45, 7) is 1.27. The molecule has 0 aliphatic rings. The van der Waals surface area contributed by atoms with Crippen molar-refractivity contribution < 1.29 is 18.1 Å². The Kier molecular flexibility index (Phi) is 3.95. The number of nitro groups is 1. The van der Waals surface area contributed by atoms with Crippen LogP contribution in [0.3, 0.4) is 0 Å². The van der Waals surface area contributed by atoms with Gasteiger partial charge in [0.1, 0.15) is 10.7 Å². The van der Waals surface area contributed by atoms with Gasteiger partial charge >= 0.3 is 0 Å². The summed E-state index contributed by atoms with van der Waals surface area (Å²) in [7, 11) is -3.79. The third-order valence-corrected chi connectivity index (χ3v) is 3.88. The third kappa shape index (κ3) is 3.35. The van der Waals surface area contributed by atoms with E-state index >= 15 is 0 Å². The highest BCUT2D eigenvalue weighted by atomic mass is 32.2. The molecule has 0 aromatic heterocycles. The predicted molar refractivity (Wildman–Crippen MR) is 60.4 cm³/mol. The van der Waals surface area contributed by atoms with Gasteiger partial charge in [-0.1, -0.05) is 12.1 Å². The smallest absolute Gasteiger partial charge is 0.287 e. The number of nitro benzene ring substituents is 1. The molecule has 0 aliphatic carbocycles. The van der Waals surface area contributed by atoms with Crippen molar-refractivity contribution >= 4 is 21.3 Å². The highest BCUT2D eigenvalue weighted by Crippen LogP contribution is 2.24. The van der Waals surface area contributed by atoms with Crippen LogP contribution >= 0.6 is 0 Å². The zero-order chi connectivity index (χ0) is 13.1. The average Bonchev–Trinajstić information content (AvgIpc) is 2.26. The minimum atomic E-state index is -3.79. The van der Waals surface area contributed by atoms with Gasteiger partial charge in [-0.2, -0.15) is 0 Å². The van der Waals surface area contributed by atoms with Crippen molar-refractivity contribution in [1.82, 2.24) is 0 Å². The maximum Gasteiger partial charge on any atom is 0.287 e. The molecule has 0 heterocycles. The summed E-state index contributed by atoms with van der Waals surface area (Å²) in [6, 6.07) is 5.10. The standard InChI is InChI=1S/C10H11NO5S/c1-8(12)6-7-17(15,16)10-5-3-2-4-9(10)11(13)14/h2-5H,6-7H2,1H3.